The van der Waals surface area contributed by atoms with Gasteiger partial charge in [-0.2, -0.15) is 10.2 Å². The van der Waals surface area contributed by atoms with E-state index in [1.54, 1.807) is 17.2 Å². The molecule has 2 aromatic rings. The van der Waals surface area contributed by atoms with E-state index < -0.39 is 0 Å². The van der Waals surface area contributed by atoms with Crippen LogP contribution in [0.4, 0.5) is 0 Å². The van der Waals surface area contributed by atoms with Gasteiger partial charge < -0.3 is 5.11 Å². The van der Waals surface area contributed by atoms with Crippen molar-refractivity contribution in [1.29, 1.82) is 0 Å². The van der Waals surface area contributed by atoms with Gasteiger partial charge in [-0.25, -0.2) is 9.67 Å². The molecule has 0 aromatic carbocycles. The molecule has 2 heterocycles. The van der Waals surface area contributed by atoms with E-state index in [-0.39, 0.29) is 6.61 Å². The molecule has 6 nitrogen and oxygen atoms in total. The molecule has 0 saturated carbocycles. The summed E-state index contributed by atoms with van der Waals surface area (Å²) >= 11 is 0. The number of hydrogen-bond acceptors (Lipinski definition) is 4. The number of aromatic nitrogens is 5. The molecule has 0 unspecified atom stereocenters. The van der Waals surface area contributed by atoms with Crippen LogP contribution < -0.4 is 0 Å². The normalized spacial score (nSPS) is 11.3. The van der Waals surface area contributed by atoms with E-state index in [9.17, 15) is 0 Å². The van der Waals surface area contributed by atoms with E-state index in [4.69, 9.17) is 5.11 Å². The van der Waals surface area contributed by atoms with Crippen molar-refractivity contribution in [3.63, 3.8) is 0 Å². The van der Waals surface area contributed by atoms with E-state index in [0.29, 0.717) is 12.5 Å². The summed E-state index contributed by atoms with van der Waals surface area (Å²) in [5, 5.41) is 17.3. The number of aliphatic hydroxyl groups is 1. The fourth-order valence-electron chi connectivity index (χ4n) is 1.63. The standard InChI is InChI=1S/C11H17N5O/c1-9(2)4-16-11(12-8-14-16)6-15-5-10(7-17)3-13-15/h3,5,8-9,17H,4,6-7H2,1-2H3. The Hall–Kier alpha value is -1.69. The second-order valence-electron chi connectivity index (χ2n) is 4.46. The van der Waals surface area contributed by atoms with Crippen LogP contribution in [0.1, 0.15) is 25.2 Å². The summed E-state index contributed by atoms with van der Waals surface area (Å²) in [6, 6.07) is 0. The summed E-state index contributed by atoms with van der Waals surface area (Å²) in [5.41, 5.74) is 0.805. The van der Waals surface area contributed by atoms with Crippen molar-refractivity contribution in [3.05, 3.63) is 30.1 Å². The van der Waals surface area contributed by atoms with Crippen molar-refractivity contribution >= 4 is 0 Å². The average Bonchev–Trinajstić information content (AvgIpc) is 2.89. The molecule has 0 saturated heterocycles. The van der Waals surface area contributed by atoms with Crippen LogP contribution in [-0.4, -0.2) is 29.7 Å². The molecule has 2 rings (SSSR count). The zero-order valence-electron chi connectivity index (χ0n) is 10.1. The zero-order chi connectivity index (χ0) is 12.3. The van der Waals surface area contributed by atoms with E-state index >= 15 is 0 Å². The maximum absolute atomic E-state index is 8.96. The molecular weight excluding hydrogens is 218 g/mol. The van der Waals surface area contributed by atoms with Gasteiger partial charge in [-0.1, -0.05) is 13.8 Å². The fourth-order valence-corrected chi connectivity index (χ4v) is 1.63. The third-order valence-electron chi connectivity index (χ3n) is 2.41. The molecule has 1 N–H and O–H groups in total. The van der Waals surface area contributed by atoms with Crippen molar-refractivity contribution in [2.75, 3.05) is 0 Å². The van der Waals surface area contributed by atoms with Crippen LogP contribution in [0.25, 0.3) is 0 Å². The monoisotopic (exact) mass is 235 g/mol. The highest BCUT2D eigenvalue weighted by atomic mass is 16.3. The Morgan fingerprint density at radius 1 is 1.35 bits per heavy atom. The predicted molar refractivity (Wildman–Crippen MR) is 62.1 cm³/mol. The molecule has 0 aliphatic heterocycles. The van der Waals surface area contributed by atoms with E-state index in [2.05, 4.69) is 29.0 Å². The van der Waals surface area contributed by atoms with Gasteiger partial charge in [-0.15, -0.1) is 0 Å². The van der Waals surface area contributed by atoms with Crippen molar-refractivity contribution in [2.45, 2.75) is 33.5 Å². The van der Waals surface area contributed by atoms with Gasteiger partial charge >= 0.3 is 0 Å². The average molecular weight is 235 g/mol. The Kier molecular flexibility index (Phi) is 3.53. The summed E-state index contributed by atoms with van der Waals surface area (Å²) in [7, 11) is 0. The van der Waals surface area contributed by atoms with Crippen LogP contribution in [0.2, 0.25) is 0 Å². The number of nitrogens with zero attached hydrogens (tertiary/aromatic N) is 5. The Morgan fingerprint density at radius 3 is 2.82 bits per heavy atom. The molecule has 0 aliphatic carbocycles. The zero-order valence-corrected chi connectivity index (χ0v) is 10.1. The second kappa shape index (κ2) is 5.09. The van der Waals surface area contributed by atoms with Crippen molar-refractivity contribution < 1.29 is 5.11 Å². The molecule has 0 amide bonds. The molecule has 0 radical (unpaired) electrons. The van der Waals surface area contributed by atoms with Gasteiger partial charge in [0.15, 0.2) is 0 Å². The van der Waals surface area contributed by atoms with Crippen LogP contribution in [0.5, 0.6) is 0 Å². The second-order valence-corrected chi connectivity index (χ2v) is 4.46. The molecule has 2 aromatic heterocycles. The van der Waals surface area contributed by atoms with E-state index in [0.717, 1.165) is 17.9 Å². The highest BCUT2D eigenvalue weighted by Crippen LogP contribution is 2.04. The minimum absolute atomic E-state index is 0.0126. The quantitative estimate of drug-likeness (QED) is 0.827. The predicted octanol–water partition coefficient (Wildman–Crippen LogP) is 0.671. The lowest BCUT2D eigenvalue weighted by Gasteiger charge is -2.08. The minimum Gasteiger partial charge on any atom is -0.392 e. The van der Waals surface area contributed by atoms with Crippen molar-refractivity contribution in [3.8, 4) is 0 Å². The third-order valence-corrected chi connectivity index (χ3v) is 2.41. The van der Waals surface area contributed by atoms with Gasteiger partial charge in [0.05, 0.1) is 12.8 Å². The molecule has 92 valence electrons. The maximum Gasteiger partial charge on any atom is 0.148 e. The molecule has 0 aliphatic rings. The summed E-state index contributed by atoms with van der Waals surface area (Å²) in [5.74, 6) is 1.41. The first-order valence-corrected chi connectivity index (χ1v) is 5.68. The third kappa shape index (κ3) is 2.91. The van der Waals surface area contributed by atoms with Crippen LogP contribution in [0.15, 0.2) is 18.7 Å². The van der Waals surface area contributed by atoms with Gasteiger partial charge in [0.25, 0.3) is 0 Å². The summed E-state index contributed by atoms with van der Waals surface area (Å²) in [6.45, 7) is 5.72. The smallest absolute Gasteiger partial charge is 0.148 e. The molecule has 0 bridgehead atoms. The molecule has 0 atom stereocenters. The Labute approximate surface area is 99.9 Å². The first-order valence-electron chi connectivity index (χ1n) is 5.68. The maximum atomic E-state index is 8.96. The lowest BCUT2D eigenvalue weighted by Crippen LogP contribution is -2.13. The Balaban J connectivity index is 2.10. The fraction of sp³-hybridized carbons (Fsp3) is 0.545. The highest BCUT2D eigenvalue weighted by Gasteiger charge is 2.07. The van der Waals surface area contributed by atoms with Crippen LogP contribution in [0, 0.1) is 5.92 Å². The van der Waals surface area contributed by atoms with E-state index in [1.165, 1.54) is 0 Å². The summed E-state index contributed by atoms with van der Waals surface area (Å²) in [4.78, 5) is 4.23. The lowest BCUT2D eigenvalue weighted by atomic mass is 10.2. The van der Waals surface area contributed by atoms with Gasteiger partial charge in [0, 0.05) is 18.3 Å². The van der Waals surface area contributed by atoms with Crippen molar-refractivity contribution in [2.24, 2.45) is 5.92 Å². The first-order chi connectivity index (χ1) is 8.19. The Bertz CT molecular complexity index is 474. The van der Waals surface area contributed by atoms with Crippen LogP contribution >= 0.6 is 0 Å². The number of hydrogen-bond donors (Lipinski definition) is 1. The van der Waals surface area contributed by atoms with Gasteiger partial charge in [0.1, 0.15) is 18.7 Å². The lowest BCUT2D eigenvalue weighted by molar-refractivity contribution is 0.281. The Morgan fingerprint density at radius 2 is 2.18 bits per heavy atom. The van der Waals surface area contributed by atoms with Crippen molar-refractivity contribution in [1.82, 2.24) is 24.5 Å². The molecule has 6 heteroatoms. The first kappa shape index (κ1) is 11.8. The molecule has 0 spiro atoms. The van der Waals surface area contributed by atoms with E-state index in [1.807, 2.05) is 10.9 Å². The number of aliphatic hydroxyl groups excluding tert-OH is 1. The summed E-state index contributed by atoms with van der Waals surface area (Å²) < 4.78 is 3.65. The van der Waals surface area contributed by atoms with Gasteiger partial charge in [-0.3, -0.25) is 4.68 Å². The van der Waals surface area contributed by atoms with Gasteiger partial charge in [0.2, 0.25) is 0 Å². The minimum atomic E-state index is 0.0126. The topological polar surface area (TPSA) is 68.8 Å². The van der Waals surface area contributed by atoms with Gasteiger partial charge in [-0.05, 0) is 5.92 Å². The summed E-state index contributed by atoms with van der Waals surface area (Å²) in [6.07, 6.45) is 5.03. The van der Waals surface area contributed by atoms with Crippen LogP contribution in [-0.2, 0) is 19.7 Å². The molecular formula is C11H17N5O. The molecule has 0 fully saturated rings. The largest absolute Gasteiger partial charge is 0.392 e. The number of rotatable bonds is 5. The molecule has 17 heavy (non-hydrogen) atoms. The highest BCUT2D eigenvalue weighted by molar-refractivity contribution is 5.02. The van der Waals surface area contributed by atoms with Crippen LogP contribution in [0.3, 0.4) is 0 Å². The SMILES string of the molecule is CC(C)Cn1ncnc1Cn1cc(CO)cn1.